The molecule has 1 aromatic carbocycles. The molecule has 1 aromatic heterocycles. The van der Waals surface area contributed by atoms with Crippen LogP contribution in [0.15, 0.2) is 29.2 Å². The molecule has 23 heavy (non-hydrogen) atoms. The fraction of sp³-hybridized carbons (Fsp3) is 0.333. The number of benzene rings is 1. The Hall–Kier alpha value is -2.35. The minimum atomic E-state index is -3.82. The number of aromatic nitrogens is 2. The normalized spacial score (nSPS) is 11.4. The van der Waals surface area contributed by atoms with Crippen molar-refractivity contribution in [1.29, 1.82) is 0 Å². The molecule has 0 aliphatic rings. The van der Waals surface area contributed by atoms with Crippen molar-refractivity contribution in [3.63, 3.8) is 0 Å². The minimum absolute atomic E-state index is 0.0376. The first-order valence-electron chi connectivity index (χ1n) is 7.27. The summed E-state index contributed by atoms with van der Waals surface area (Å²) in [6, 6.07) is 6.58. The number of amides is 1. The quantitative estimate of drug-likeness (QED) is 0.832. The van der Waals surface area contributed by atoms with Crippen LogP contribution in [-0.2, 0) is 29.9 Å². The highest BCUT2D eigenvalue weighted by Crippen LogP contribution is 2.24. The van der Waals surface area contributed by atoms with E-state index in [1.807, 2.05) is 13.8 Å². The molecule has 0 fully saturated rings. The molecule has 0 saturated heterocycles. The van der Waals surface area contributed by atoms with Gasteiger partial charge in [-0.3, -0.25) is 14.2 Å². The molecular weight excluding hydrogens is 316 g/mol. The van der Waals surface area contributed by atoms with Crippen LogP contribution in [0.3, 0.4) is 0 Å². The Morgan fingerprint density at radius 1 is 1.22 bits per heavy atom. The first kappa shape index (κ1) is 17.0. The smallest absolute Gasteiger partial charge is 0.269 e. The van der Waals surface area contributed by atoms with Gasteiger partial charge in [0, 0.05) is 7.05 Å². The first-order chi connectivity index (χ1) is 10.8. The van der Waals surface area contributed by atoms with Gasteiger partial charge in [0.25, 0.3) is 15.9 Å². The van der Waals surface area contributed by atoms with E-state index in [0.717, 1.165) is 12.0 Å². The van der Waals surface area contributed by atoms with E-state index in [1.54, 1.807) is 19.2 Å². The van der Waals surface area contributed by atoms with Crippen molar-refractivity contribution in [2.24, 2.45) is 12.8 Å². The Labute approximate surface area is 135 Å². The van der Waals surface area contributed by atoms with Gasteiger partial charge in [-0.2, -0.15) is 5.10 Å². The third-order valence-corrected chi connectivity index (χ3v) is 4.93. The molecular formula is C15H20N4O3S. The van der Waals surface area contributed by atoms with Gasteiger partial charge in [0.05, 0.1) is 10.6 Å². The maximum Gasteiger partial charge on any atom is 0.269 e. The van der Waals surface area contributed by atoms with E-state index < -0.39 is 15.9 Å². The van der Waals surface area contributed by atoms with Gasteiger partial charge in [-0.25, -0.2) is 8.42 Å². The molecule has 8 heteroatoms. The van der Waals surface area contributed by atoms with E-state index >= 15 is 0 Å². The van der Waals surface area contributed by atoms with E-state index in [4.69, 9.17) is 5.73 Å². The van der Waals surface area contributed by atoms with Crippen LogP contribution >= 0.6 is 0 Å². The zero-order valence-electron chi connectivity index (χ0n) is 13.3. The number of nitrogens with two attached hydrogens (primary N) is 1. The fourth-order valence-corrected chi connectivity index (χ4v) is 3.41. The number of carbonyl (C=O) groups is 1. The van der Waals surface area contributed by atoms with Crippen LogP contribution < -0.4 is 10.5 Å². The van der Waals surface area contributed by atoms with Crippen molar-refractivity contribution in [2.75, 3.05) is 4.72 Å². The molecule has 2 rings (SSSR count). The zero-order valence-corrected chi connectivity index (χ0v) is 14.1. The molecule has 0 spiro atoms. The number of aryl methyl sites for hydroxylation is 3. The number of primary amides is 1. The Morgan fingerprint density at radius 2 is 1.83 bits per heavy atom. The zero-order chi connectivity index (χ0) is 17.2. The predicted octanol–water partition coefficient (Wildman–Crippen LogP) is 1.44. The lowest BCUT2D eigenvalue weighted by atomic mass is 10.2. The van der Waals surface area contributed by atoms with Gasteiger partial charge in [-0.15, -0.1) is 0 Å². The van der Waals surface area contributed by atoms with Crippen LogP contribution in [0.5, 0.6) is 0 Å². The molecule has 2 aromatic rings. The second-order valence-corrected chi connectivity index (χ2v) is 6.80. The molecule has 0 unspecified atom stereocenters. The van der Waals surface area contributed by atoms with Gasteiger partial charge < -0.3 is 5.73 Å². The molecule has 0 aliphatic heterocycles. The number of anilines is 1. The Morgan fingerprint density at radius 3 is 2.30 bits per heavy atom. The molecule has 0 bridgehead atoms. The molecule has 0 atom stereocenters. The minimum Gasteiger partial charge on any atom is -0.364 e. The van der Waals surface area contributed by atoms with Crippen molar-refractivity contribution in [2.45, 2.75) is 31.6 Å². The van der Waals surface area contributed by atoms with Crippen LogP contribution in [0, 0.1) is 0 Å². The van der Waals surface area contributed by atoms with Crippen LogP contribution in [-0.4, -0.2) is 24.1 Å². The highest BCUT2D eigenvalue weighted by Gasteiger charge is 2.24. The van der Waals surface area contributed by atoms with Crippen molar-refractivity contribution < 1.29 is 13.2 Å². The lowest BCUT2D eigenvalue weighted by Crippen LogP contribution is -2.20. The highest BCUT2D eigenvalue weighted by molar-refractivity contribution is 7.92. The standard InChI is InChI=1S/C15H20N4O3S/c1-4-10-6-8-11(9-7-10)23(21,22)18-13-12(5-2)17-19(3)14(13)15(16)20/h6-9,18H,4-5H2,1-3H3,(H2,16,20). The first-order valence-corrected chi connectivity index (χ1v) is 8.75. The largest absolute Gasteiger partial charge is 0.364 e. The van der Waals surface area contributed by atoms with E-state index in [1.165, 1.54) is 16.8 Å². The molecule has 1 heterocycles. The number of rotatable bonds is 6. The number of hydrogen-bond acceptors (Lipinski definition) is 4. The van der Waals surface area contributed by atoms with Gasteiger partial charge in [0.1, 0.15) is 11.4 Å². The SMILES string of the molecule is CCc1ccc(S(=O)(=O)Nc2c(CC)nn(C)c2C(N)=O)cc1. The number of nitrogens with one attached hydrogen (secondary N) is 1. The van der Waals surface area contributed by atoms with Crippen LogP contribution in [0.2, 0.25) is 0 Å². The topological polar surface area (TPSA) is 107 Å². The maximum absolute atomic E-state index is 12.6. The van der Waals surface area contributed by atoms with Crippen molar-refractivity contribution >= 4 is 21.6 Å². The van der Waals surface area contributed by atoms with Gasteiger partial charge >= 0.3 is 0 Å². The van der Waals surface area contributed by atoms with Crippen LogP contribution in [0.4, 0.5) is 5.69 Å². The number of sulfonamides is 1. The van der Waals surface area contributed by atoms with Crippen molar-refractivity contribution in [3.05, 3.63) is 41.2 Å². The average molecular weight is 336 g/mol. The summed E-state index contributed by atoms with van der Waals surface area (Å²) in [6.07, 6.45) is 1.29. The lowest BCUT2D eigenvalue weighted by molar-refractivity contribution is 0.0992. The summed E-state index contributed by atoms with van der Waals surface area (Å²) < 4.78 is 28.8. The molecule has 3 N–H and O–H groups in total. The summed E-state index contributed by atoms with van der Waals surface area (Å²) >= 11 is 0. The summed E-state index contributed by atoms with van der Waals surface area (Å²) in [5, 5.41) is 4.14. The Balaban J connectivity index is 2.46. The Kier molecular flexibility index (Phi) is 4.74. The second kappa shape index (κ2) is 6.41. The van der Waals surface area contributed by atoms with Gasteiger partial charge in [-0.1, -0.05) is 26.0 Å². The van der Waals surface area contributed by atoms with E-state index in [-0.39, 0.29) is 16.3 Å². The monoisotopic (exact) mass is 336 g/mol. The maximum atomic E-state index is 12.6. The average Bonchev–Trinajstić information content (AvgIpc) is 2.82. The Bertz CT molecular complexity index is 823. The lowest BCUT2D eigenvalue weighted by Gasteiger charge is -2.10. The van der Waals surface area contributed by atoms with Crippen LogP contribution in [0.1, 0.15) is 35.6 Å². The molecule has 0 radical (unpaired) electrons. The van der Waals surface area contributed by atoms with Crippen LogP contribution in [0.25, 0.3) is 0 Å². The summed E-state index contributed by atoms with van der Waals surface area (Å²) in [7, 11) is -2.28. The molecule has 1 amide bonds. The number of hydrogen-bond donors (Lipinski definition) is 2. The molecule has 124 valence electrons. The molecule has 0 saturated carbocycles. The second-order valence-electron chi connectivity index (χ2n) is 5.11. The van der Waals surface area contributed by atoms with E-state index in [9.17, 15) is 13.2 Å². The molecule has 0 aliphatic carbocycles. The van der Waals surface area contributed by atoms with Crippen molar-refractivity contribution in [1.82, 2.24) is 9.78 Å². The summed E-state index contributed by atoms with van der Waals surface area (Å²) in [4.78, 5) is 11.7. The van der Waals surface area contributed by atoms with Gasteiger partial charge in [0.15, 0.2) is 0 Å². The number of carbonyl (C=O) groups excluding carboxylic acids is 1. The molecule has 7 nitrogen and oxygen atoms in total. The highest BCUT2D eigenvalue weighted by atomic mass is 32.2. The third kappa shape index (κ3) is 3.37. The van der Waals surface area contributed by atoms with E-state index in [2.05, 4.69) is 9.82 Å². The summed E-state index contributed by atoms with van der Waals surface area (Å²) in [5.74, 6) is -0.737. The van der Waals surface area contributed by atoms with Gasteiger partial charge in [0.2, 0.25) is 0 Å². The summed E-state index contributed by atoms with van der Waals surface area (Å²) in [6.45, 7) is 3.81. The third-order valence-electron chi connectivity index (χ3n) is 3.57. The predicted molar refractivity (Wildman–Crippen MR) is 87.7 cm³/mol. The fourth-order valence-electron chi connectivity index (χ4n) is 2.31. The number of nitrogens with zero attached hydrogens (tertiary/aromatic N) is 2. The van der Waals surface area contributed by atoms with Gasteiger partial charge in [-0.05, 0) is 30.5 Å². The summed E-state index contributed by atoms with van der Waals surface area (Å²) in [5.41, 5.74) is 7.03. The van der Waals surface area contributed by atoms with Crippen molar-refractivity contribution in [3.8, 4) is 0 Å². The van der Waals surface area contributed by atoms with E-state index in [0.29, 0.717) is 12.1 Å².